The minimum atomic E-state index is -0.546. The lowest BCUT2D eigenvalue weighted by atomic mass is 10.2. The fourth-order valence-corrected chi connectivity index (χ4v) is 1.23. The Morgan fingerprint density at radius 1 is 1.62 bits per heavy atom. The molecule has 0 radical (unpaired) electrons. The van der Waals surface area contributed by atoms with Gasteiger partial charge < -0.3 is 10.1 Å². The summed E-state index contributed by atoms with van der Waals surface area (Å²) in [5.74, 6) is 2.81. The lowest BCUT2D eigenvalue weighted by Gasteiger charge is -2.13. The summed E-state index contributed by atoms with van der Waals surface area (Å²) in [6, 6.07) is 7.55. The van der Waals surface area contributed by atoms with Crippen LogP contribution in [0.3, 0.4) is 0 Å². The number of rotatable bonds is 4. The van der Waals surface area contributed by atoms with Gasteiger partial charge in [0.05, 0.1) is 6.54 Å². The predicted molar refractivity (Wildman–Crippen MR) is 63.1 cm³/mol. The number of hydrogen-bond donors (Lipinski definition) is 1. The number of nitrogens with one attached hydrogen (secondary N) is 1. The van der Waals surface area contributed by atoms with Gasteiger partial charge >= 0.3 is 0 Å². The molecule has 0 spiro atoms. The Bertz CT molecular complexity index is 407. The van der Waals surface area contributed by atoms with Crippen molar-refractivity contribution in [2.75, 3.05) is 6.54 Å². The Balaban J connectivity index is 2.54. The van der Waals surface area contributed by atoms with E-state index in [2.05, 4.69) is 11.2 Å². The van der Waals surface area contributed by atoms with E-state index in [4.69, 9.17) is 11.2 Å². The van der Waals surface area contributed by atoms with Crippen LogP contribution in [0.15, 0.2) is 24.3 Å². The quantitative estimate of drug-likeness (QED) is 0.776. The molecule has 84 valence electrons. The number of carbonyl (C=O) groups is 1. The molecule has 0 aromatic heterocycles. The summed E-state index contributed by atoms with van der Waals surface area (Å²) < 4.78 is 5.47. The van der Waals surface area contributed by atoms with Crippen LogP contribution in [0.2, 0.25) is 0 Å². The summed E-state index contributed by atoms with van der Waals surface area (Å²) in [7, 11) is 0. The summed E-state index contributed by atoms with van der Waals surface area (Å²) in [5, 5.41) is 2.57. The molecule has 0 bridgehead atoms. The highest BCUT2D eigenvalue weighted by Crippen LogP contribution is 2.13. The molecule has 3 heteroatoms. The Kier molecular flexibility index (Phi) is 4.41. The summed E-state index contributed by atoms with van der Waals surface area (Å²) in [4.78, 5) is 11.5. The van der Waals surface area contributed by atoms with Crippen LogP contribution in [0, 0.1) is 19.3 Å². The minimum Gasteiger partial charge on any atom is -0.481 e. The summed E-state index contributed by atoms with van der Waals surface area (Å²) in [6.07, 6.45) is 4.50. The van der Waals surface area contributed by atoms with Gasteiger partial charge in [0.15, 0.2) is 6.10 Å². The first kappa shape index (κ1) is 12.1. The smallest absolute Gasteiger partial charge is 0.261 e. The zero-order valence-corrected chi connectivity index (χ0v) is 9.49. The number of terminal acetylenes is 1. The number of aryl methyl sites for hydroxylation is 1. The number of carbonyl (C=O) groups excluding carboxylic acids is 1. The predicted octanol–water partition coefficient (Wildman–Crippen LogP) is 1.51. The third-order valence-electron chi connectivity index (χ3n) is 2.04. The number of ether oxygens (including phenoxy) is 1. The molecule has 1 N–H and O–H groups in total. The van der Waals surface area contributed by atoms with Crippen molar-refractivity contribution in [3.05, 3.63) is 29.8 Å². The summed E-state index contributed by atoms with van der Waals surface area (Å²) in [6.45, 7) is 3.88. The number of amides is 1. The Hall–Kier alpha value is -1.95. The van der Waals surface area contributed by atoms with Crippen LogP contribution < -0.4 is 10.1 Å². The van der Waals surface area contributed by atoms with Crippen molar-refractivity contribution >= 4 is 5.91 Å². The van der Waals surface area contributed by atoms with E-state index in [9.17, 15) is 4.79 Å². The highest BCUT2D eigenvalue weighted by atomic mass is 16.5. The van der Waals surface area contributed by atoms with Crippen LogP contribution in [0.25, 0.3) is 0 Å². The maximum atomic E-state index is 11.5. The first-order chi connectivity index (χ1) is 7.63. The summed E-state index contributed by atoms with van der Waals surface area (Å²) in [5.41, 5.74) is 1.09. The van der Waals surface area contributed by atoms with Gasteiger partial charge in [0.2, 0.25) is 0 Å². The molecule has 1 atom stereocenters. The van der Waals surface area contributed by atoms with Crippen molar-refractivity contribution in [3.8, 4) is 18.1 Å². The molecule has 0 saturated heterocycles. The third kappa shape index (κ3) is 3.66. The van der Waals surface area contributed by atoms with Gasteiger partial charge in [-0.05, 0) is 31.5 Å². The van der Waals surface area contributed by atoms with Crippen molar-refractivity contribution < 1.29 is 9.53 Å². The average molecular weight is 217 g/mol. The van der Waals surface area contributed by atoms with Crippen molar-refractivity contribution in [2.45, 2.75) is 20.0 Å². The van der Waals surface area contributed by atoms with Gasteiger partial charge in [0.1, 0.15) is 5.75 Å². The highest BCUT2D eigenvalue weighted by molar-refractivity contribution is 5.80. The van der Waals surface area contributed by atoms with E-state index in [0.717, 1.165) is 5.56 Å². The topological polar surface area (TPSA) is 38.3 Å². The van der Waals surface area contributed by atoms with Crippen LogP contribution in [-0.4, -0.2) is 18.6 Å². The Morgan fingerprint density at radius 3 is 3.00 bits per heavy atom. The maximum absolute atomic E-state index is 11.5. The number of benzene rings is 1. The van der Waals surface area contributed by atoms with E-state index in [0.29, 0.717) is 5.75 Å². The molecule has 3 nitrogen and oxygen atoms in total. The largest absolute Gasteiger partial charge is 0.481 e. The van der Waals surface area contributed by atoms with Crippen molar-refractivity contribution in [3.63, 3.8) is 0 Å². The first-order valence-electron chi connectivity index (χ1n) is 5.08. The fourth-order valence-electron chi connectivity index (χ4n) is 1.23. The zero-order valence-electron chi connectivity index (χ0n) is 9.49. The number of hydrogen-bond acceptors (Lipinski definition) is 2. The molecule has 1 rings (SSSR count). The van der Waals surface area contributed by atoms with Gasteiger partial charge in [-0.1, -0.05) is 18.1 Å². The van der Waals surface area contributed by atoms with Crippen LogP contribution in [0.5, 0.6) is 5.75 Å². The minimum absolute atomic E-state index is 0.209. The SMILES string of the molecule is C#CCNC(=O)[C@@H](C)Oc1cccc(C)c1. The molecule has 0 fully saturated rings. The molecule has 0 saturated carbocycles. The van der Waals surface area contributed by atoms with Gasteiger partial charge in [-0.25, -0.2) is 0 Å². The molecule has 0 aliphatic rings. The molecular formula is C13H15NO2. The van der Waals surface area contributed by atoms with Crippen LogP contribution >= 0.6 is 0 Å². The van der Waals surface area contributed by atoms with Crippen molar-refractivity contribution in [1.82, 2.24) is 5.32 Å². The molecule has 0 unspecified atom stereocenters. The molecular weight excluding hydrogens is 202 g/mol. The molecule has 1 aromatic rings. The zero-order chi connectivity index (χ0) is 12.0. The van der Waals surface area contributed by atoms with E-state index >= 15 is 0 Å². The van der Waals surface area contributed by atoms with Crippen LogP contribution in [-0.2, 0) is 4.79 Å². The standard InChI is InChI=1S/C13H15NO2/c1-4-8-14-13(15)11(3)16-12-7-5-6-10(2)9-12/h1,5-7,9,11H,8H2,2-3H3,(H,14,15)/t11-/m1/s1. The van der Waals surface area contributed by atoms with E-state index < -0.39 is 6.10 Å². The van der Waals surface area contributed by atoms with Crippen LogP contribution in [0.4, 0.5) is 0 Å². The van der Waals surface area contributed by atoms with Gasteiger partial charge in [0.25, 0.3) is 5.91 Å². The van der Waals surface area contributed by atoms with Crippen LogP contribution in [0.1, 0.15) is 12.5 Å². The molecule has 0 aliphatic carbocycles. The van der Waals surface area contributed by atoms with Crippen molar-refractivity contribution in [2.24, 2.45) is 0 Å². The molecule has 0 aliphatic heterocycles. The maximum Gasteiger partial charge on any atom is 0.261 e. The molecule has 1 aromatic carbocycles. The fraction of sp³-hybridized carbons (Fsp3) is 0.308. The normalized spacial score (nSPS) is 11.3. The average Bonchev–Trinajstić information content (AvgIpc) is 2.25. The lowest BCUT2D eigenvalue weighted by molar-refractivity contribution is -0.126. The molecule has 16 heavy (non-hydrogen) atoms. The van der Waals surface area contributed by atoms with Gasteiger partial charge in [-0.2, -0.15) is 0 Å². The third-order valence-corrected chi connectivity index (χ3v) is 2.04. The Labute approximate surface area is 95.8 Å². The van der Waals surface area contributed by atoms with Gasteiger partial charge in [-0.15, -0.1) is 6.42 Å². The lowest BCUT2D eigenvalue weighted by Crippen LogP contribution is -2.36. The van der Waals surface area contributed by atoms with E-state index in [1.165, 1.54) is 0 Å². The van der Waals surface area contributed by atoms with E-state index in [1.54, 1.807) is 6.92 Å². The van der Waals surface area contributed by atoms with E-state index in [-0.39, 0.29) is 12.5 Å². The second-order valence-electron chi connectivity index (χ2n) is 3.50. The Morgan fingerprint density at radius 2 is 2.38 bits per heavy atom. The second-order valence-corrected chi connectivity index (χ2v) is 3.50. The monoisotopic (exact) mass is 217 g/mol. The molecule has 1 amide bonds. The highest BCUT2D eigenvalue weighted by Gasteiger charge is 2.13. The first-order valence-corrected chi connectivity index (χ1v) is 5.08. The summed E-state index contributed by atoms with van der Waals surface area (Å²) >= 11 is 0. The van der Waals surface area contributed by atoms with E-state index in [1.807, 2.05) is 31.2 Å². The molecule has 0 heterocycles. The van der Waals surface area contributed by atoms with Crippen molar-refractivity contribution in [1.29, 1.82) is 0 Å². The van der Waals surface area contributed by atoms with Gasteiger partial charge in [0, 0.05) is 0 Å². The second kappa shape index (κ2) is 5.82. The van der Waals surface area contributed by atoms with Gasteiger partial charge in [-0.3, -0.25) is 4.79 Å².